The molecule has 276 valence electrons. The second-order valence-corrected chi connectivity index (χ2v) is 25.4. The van der Waals surface area contributed by atoms with E-state index in [0.29, 0.717) is 35.5 Å². The van der Waals surface area contributed by atoms with E-state index in [1.807, 2.05) is 24.3 Å². The lowest BCUT2D eigenvalue weighted by Gasteiger charge is -2.36. The predicted octanol–water partition coefficient (Wildman–Crippen LogP) is 11.5. The van der Waals surface area contributed by atoms with E-state index in [1.54, 1.807) is 24.3 Å². The molecule has 0 aliphatic heterocycles. The SMILES string of the molecule is CC(C)(C)[Si](C)(C)OCc1ccc(-c2cc([N+](=O)[O-])ccc2OC(=O)Oc2ccc([N+](=O)[O-])cc2-c2ccc(CO[Si](C)(C)C(C)(C)C)cc2)cc1. The number of carbonyl (C=O) groups excluding carboxylic acids is 1. The van der Waals surface area contributed by atoms with Gasteiger partial charge in [0.1, 0.15) is 11.5 Å². The van der Waals surface area contributed by atoms with E-state index >= 15 is 0 Å². The van der Waals surface area contributed by atoms with Crippen LogP contribution in [0.4, 0.5) is 16.2 Å². The Bertz CT molecular complexity index is 1790. The summed E-state index contributed by atoms with van der Waals surface area (Å²) in [5.41, 5.74) is 3.27. The van der Waals surface area contributed by atoms with E-state index in [-0.39, 0.29) is 33.0 Å². The first-order valence-electron chi connectivity index (χ1n) is 17.0. The van der Waals surface area contributed by atoms with Crippen LogP contribution in [0.1, 0.15) is 52.7 Å². The van der Waals surface area contributed by atoms with Gasteiger partial charge in [-0.05, 0) is 70.7 Å². The first-order valence-corrected chi connectivity index (χ1v) is 22.8. The van der Waals surface area contributed by atoms with Gasteiger partial charge in [-0.3, -0.25) is 20.2 Å². The van der Waals surface area contributed by atoms with Crippen LogP contribution in [-0.4, -0.2) is 32.6 Å². The van der Waals surface area contributed by atoms with Crippen molar-refractivity contribution in [2.24, 2.45) is 0 Å². The number of rotatable bonds is 12. The van der Waals surface area contributed by atoms with E-state index in [2.05, 4.69) is 67.7 Å². The third kappa shape index (κ3) is 9.79. The van der Waals surface area contributed by atoms with Crippen LogP contribution in [0.15, 0.2) is 84.9 Å². The molecule has 0 aliphatic rings. The molecule has 0 atom stereocenters. The Kier molecular flexibility index (Phi) is 11.9. The van der Waals surface area contributed by atoms with E-state index in [9.17, 15) is 25.0 Å². The average molecular weight is 745 g/mol. The third-order valence-electron chi connectivity index (χ3n) is 10.1. The smallest absolute Gasteiger partial charge is 0.413 e. The van der Waals surface area contributed by atoms with E-state index in [0.717, 1.165) is 11.1 Å². The molecule has 13 heteroatoms. The van der Waals surface area contributed by atoms with Gasteiger partial charge in [0.25, 0.3) is 11.4 Å². The van der Waals surface area contributed by atoms with Crippen LogP contribution in [0.25, 0.3) is 22.3 Å². The Morgan fingerprint density at radius 1 is 0.577 bits per heavy atom. The minimum Gasteiger partial charge on any atom is -0.413 e. The standard InChI is InChI=1S/C39H48N2O9Si2/c1-38(2,3)51(7,8)47-25-27-11-15-29(16-12-27)33-23-31(40(43)44)19-21-35(33)49-37(42)50-36-22-20-32(41(45)46)24-34(36)30-17-13-28(14-18-30)26-48-52(9,10)39(4,5)6/h11-24H,25-26H2,1-10H3. The van der Waals surface area contributed by atoms with Gasteiger partial charge in [-0.1, -0.05) is 90.1 Å². The van der Waals surface area contributed by atoms with Crippen molar-refractivity contribution >= 4 is 34.2 Å². The number of carbonyl (C=O) groups is 1. The Hall–Kier alpha value is -4.70. The lowest BCUT2D eigenvalue weighted by molar-refractivity contribution is -0.385. The number of hydrogen-bond donors (Lipinski definition) is 0. The predicted molar refractivity (Wildman–Crippen MR) is 208 cm³/mol. The van der Waals surface area contributed by atoms with Crippen LogP contribution in [0, 0.1) is 20.2 Å². The quantitative estimate of drug-likeness (QED) is 0.0455. The number of benzene rings is 4. The van der Waals surface area contributed by atoms with Crippen LogP contribution in [0.3, 0.4) is 0 Å². The molecule has 0 radical (unpaired) electrons. The fourth-order valence-electron chi connectivity index (χ4n) is 4.61. The van der Waals surface area contributed by atoms with Crippen molar-refractivity contribution in [2.75, 3.05) is 0 Å². The summed E-state index contributed by atoms with van der Waals surface area (Å²) in [5, 5.41) is 23.4. The lowest BCUT2D eigenvalue weighted by Crippen LogP contribution is -2.40. The Balaban J connectivity index is 1.58. The number of nitro benzene ring substituents is 2. The van der Waals surface area contributed by atoms with Crippen LogP contribution < -0.4 is 9.47 Å². The van der Waals surface area contributed by atoms with Gasteiger partial charge in [-0.15, -0.1) is 0 Å². The monoisotopic (exact) mass is 744 g/mol. The molecule has 0 N–H and O–H groups in total. The van der Waals surface area contributed by atoms with Crippen molar-refractivity contribution in [1.29, 1.82) is 0 Å². The molecular formula is C39H48N2O9Si2. The van der Waals surface area contributed by atoms with Crippen LogP contribution in [0.5, 0.6) is 11.5 Å². The van der Waals surface area contributed by atoms with E-state index in [4.69, 9.17) is 18.3 Å². The zero-order chi connectivity index (χ0) is 38.6. The van der Waals surface area contributed by atoms with Crippen molar-refractivity contribution in [1.82, 2.24) is 0 Å². The van der Waals surface area contributed by atoms with E-state index < -0.39 is 32.6 Å². The van der Waals surface area contributed by atoms with Gasteiger partial charge in [0.15, 0.2) is 16.6 Å². The molecule has 4 aromatic rings. The zero-order valence-corrected chi connectivity index (χ0v) is 33.6. The van der Waals surface area contributed by atoms with Crippen molar-refractivity contribution < 1.29 is 33.0 Å². The largest absolute Gasteiger partial charge is 0.519 e. The molecule has 11 nitrogen and oxygen atoms in total. The molecule has 0 heterocycles. The minimum atomic E-state index is -1.98. The fraction of sp³-hybridized carbons (Fsp3) is 0.359. The second kappa shape index (κ2) is 15.5. The highest BCUT2D eigenvalue weighted by Gasteiger charge is 2.38. The van der Waals surface area contributed by atoms with Gasteiger partial charge in [-0.25, -0.2) is 4.79 Å². The number of hydrogen-bond acceptors (Lipinski definition) is 9. The molecule has 0 saturated carbocycles. The molecule has 0 bridgehead atoms. The first kappa shape index (κ1) is 40.1. The topological polar surface area (TPSA) is 140 Å². The molecule has 0 saturated heterocycles. The molecule has 52 heavy (non-hydrogen) atoms. The molecule has 0 amide bonds. The van der Waals surface area contributed by atoms with Crippen LogP contribution >= 0.6 is 0 Å². The molecule has 4 rings (SSSR count). The number of nitro groups is 2. The van der Waals surface area contributed by atoms with Crippen molar-refractivity contribution in [2.45, 2.75) is 91.0 Å². The van der Waals surface area contributed by atoms with Crippen molar-refractivity contribution in [3.63, 3.8) is 0 Å². The summed E-state index contributed by atoms with van der Waals surface area (Å²) >= 11 is 0. The maximum Gasteiger partial charge on any atom is 0.519 e. The normalized spacial score (nSPS) is 12.3. The maximum absolute atomic E-state index is 13.3. The van der Waals surface area contributed by atoms with Crippen molar-refractivity contribution in [3.05, 3.63) is 116 Å². The third-order valence-corrected chi connectivity index (χ3v) is 19.0. The van der Waals surface area contributed by atoms with E-state index in [1.165, 1.54) is 36.4 Å². The highest BCUT2D eigenvalue weighted by Crippen LogP contribution is 2.40. The van der Waals surface area contributed by atoms with Gasteiger partial charge in [0, 0.05) is 35.4 Å². The number of non-ortho nitro benzene ring substituents is 2. The van der Waals surface area contributed by atoms with Gasteiger partial charge in [0.05, 0.1) is 23.1 Å². The number of nitrogens with zero attached hydrogens (tertiary/aromatic N) is 2. The molecule has 0 aromatic heterocycles. The van der Waals surface area contributed by atoms with Gasteiger partial charge in [0.2, 0.25) is 0 Å². The summed E-state index contributed by atoms with van der Waals surface area (Å²) in [6.45, 7) is 22.6. The highest BCUT2D eigenvalue weighted by atomic mass is 28.4. The van der Waals surface area contributed by atoms with Gasteiger partial charge in [-0.2, -0.15) is 0 Å². The lowest BCUT2D eigenvalue weighted by atomic mass is 10.0. The summed E-state index contributed by atoms with van der Waals surface area (Å²) in [7, 11) is -3.96. The van der Waals surface area contributed by atoms with Gasteiger partial charge >= 0.3 is 6.16 Å². The maximum atomic E-state index is 13.3. The molecule has 0 unspecified atom stereocenters. The fourth-order valence-corrected chi connectivity index (χ4v) is 6.54. The summed E-state index contributed by atoms with van der Waals surface area (Å²) in [6, 6.07) is 22.5. The second-order valence-electron chi connectivity index (χ2n) is 15.8. The van der Waals surface area contributed by atoms with Crippen molar-refractivity contribution in [3.8, 4) is 33.8 Å². The molecule has 0 spiro atoms. The Morgan fingerprint density at radius 2 is 0.904 bits per heavy atom. The van der Waals surface area contributed by atoms with Crippen LogP contribution in [-0.2, 0) is 22.1 Å². The minimum absolute atomic E-state index is 0.0374. The van der Waals surface area contributed by atoms with Crippen LogP contribution in [0.2, 0.25) is 36.3 Å². The number of ether oxygens (including phenoxy) is 2. The molecule has 0 aliphatic carbocycles. The Morgan fingerprint density at radius 3 is 1.19 bits per heavy atom. The average Bonchev–Trinajstić information content (AvgIpc) is 3.06. The molecule has 4 aromatic carbocycles. The summed E-state index contributed by atoms with van der Waals surface area (Å²) in [6.07, 6.45) is -1.12. The Labute approximate surface area is 307 Å². The summed E-state index contributed by atoms with van der Waals surface area (Å²) < 4.78 is 23.9. The summed E-state index contributed by atoms with van der Waals surface area (Å²) in [4.78, 5) is 35.6. The molecule has 0 fully saturated rings. The zero-order valence-electron chi connectivity index (χ0n) is 31.6. The highest BCUT2D eigenvalue weighted by molar-refractivity contribution is 6.74. The first-order chi connectivity index (χ1) is 24.1. The molecular weight excluding hydrogens is 697 g/mol. The van der Waals surface area contributed by atoms with Gasteiger partial charge < -0.3 is 18.3 Å². The summed E-state index contributed by atoms with van der Waals surface area (Å²) in [5.74, 6) is 0.0749.